The molecule has 0 saturated heterocycles. The van der Waals surface area contributed by atoms with Crippen LogP contribution in [0.1, 0.15) is 12.0 Å². The summed E-state index contributed by atoms with van der Waals surface area (Å²) in [7, 11) is 0. The zero-order valence-electron chi connectivity index (χ0n) is 13.4. The van der Waals surface area contributed by atoms with Crippen LogP contribution >= 0.6 is 0 Å². The monoisotopic (exact) mass is 359 g/mol. The average Bonchev–Trinajstić information content (AvgIpc) is 2.59. The topological polar surface area (TPSA) is 150 Å². The first kappa shape index (κ1) is 20.8. The lowest BCUT2D eigenvalue weighted by molar-refractivity contribution is -0.143. The van der Waals surface area contributed by atoms with Gasteiger partial charge in [0.05, 0.1) is 5.92 Å². The van der Waals surface area contributed by atoms with E-state index in [2.05, 4.69) is 0 Å². The maximum atomic E-state index is 12.2. The fourth-order valence-corrected chi connectivity index (χ4v) is 2.08. The van der Waals surface area contributed by atoms with Crippen LogP contribution in [0.4, 0.5) is 4.39 Å². The van der Waals surface area contributed by atoms with E-state index < -0.39 is 42.8 Å². The summed E-state index contributed by atoms with van der Waals surface area (Å²) in [5.74, 6) is -2.99. The first-order valence-corrected chi connectivity index (χ1v) is 7.59. The molecule has 0 unspecified atom stereocenters. The molecule has 0 bridgehead atoms. The minimum Gasteiger partial charge on any atom is -0.491 e. The highest BCUT2D eigenvalue weighted by Gasteiger charge is 2.24. The lowest BCUT2D eigenvalue weighted by Gasteiger charge is -2.17. The SMILES string of the molecule is N[C@@H](C[C@H](Cc1ccc(OC[C@H](O)[C@@H](O)CF)cc1)C(=O)O)C(=O)O. The number of nitrogens with two attached hydrogens (primary N) is 1. The molecular formula is C16H22FNO7. The van der Waals surface area contributed by atoms with Crippen LogP contribution in [0, 0.1) is 5.92 Å². The van der Waals surface area contributed by atoms with Crippen molar-refractivity contribution in [3.05, 3.63) is 29.8 Å². The minimum absolute atomic E-state index is 0.0970. The Morgan fingerprint density at radius 1 is 1.08 bits per heavy atom. The molecule has 6 N–H and O–H groups in total. The van der Waals surface area contributed by atoms with Crippen LogP contribution < -0.4 is 10.5 Å². The number of hydrogen-bond acceptors (Lipinski definition) is 6. The van der Waals surface area contributed by atoms with Crippen molar-refractivity contribution >= 4 is 11.9 Å². The summed E-state index contributed by atoms with van der Waals surface area (Å²) in [4.78, 5) is 22.0. The summed E-state index contributed by atoms with van der Waals surface area (Å²) in [6, 6.07) is 4.98. The molecule has 1 aromatic rings. The Balaban J connectivity index is 2.62. The van der Waals surface area contributed by atoms with Gasteiger partial charge in [-0.15, -0.1) is 0 Å². The number of rotatable bonds is 11. The number of benzene rings is 1. The molecule has 1 rings (SSSR count). The van der Waals surface area contributed by atoms with Gasteiger partial charge in [-0.3, -0.25) is 9.59 Å². The number of ether oxygens (including phenoxy) is 1. The average molecular weight is 359 g/mol. The summed E-state index contributed by atoms with van der Waals surface area (Å²) in [6.07, 6.45) is -2.98. The largest absolute Gasteiger partial charge is 0.491 e. The predicted molar refractivity (Wildman–Crippen MR) is 85.0 cm³/mol. The van der Waals surface area contributed by atoms with Gasteiger partial charge in [0.15, 0.2) is 0 Å². The predicted octanol–water partition coefficient (Wildman–Crippen LogP) is -0.198. The maximum absolute atomic E-state index is 12.2. The molecule has 9 heteroatoms. The van der Waals surface area contributed by atoms with Gasteiger partial charge in [-0.1, -0.05) is 12.1 Å². The third-order valence-electron chi connectivity index (χ3n) is 3.63. The van der Waals surface area contributed by atoms with Crippen LogP contribution in [-0.2, 0) is 16.0 Å². The van der Waals surface area contributed by atoms with Crippen LogP contribution in [0.2, 0.25) is 0 Å². The molecule has 4 atom stereocenters. The van der Waals surface area contributed by atoms with Gasteiger partial charge in [0, 0.05) is 0 Å². The van der Waals surface area contributed by atoms with E-state index in [-0.39, 0.29) is 19.4 Å². The van der Waals surface area contributed by atoms with Gasteiger partial charge in [-0.2, -0.15) is 0 Å². The highest BCUT2D eigenvalue weighted by Crippen LogP contribution is 2.18. The van der Waals surface area contributed by atoms with Crippen LogP contribution in [0.3, 0.4) is 0 Å². The van der Waals surface area contributed by atoms with Crippen molar-refractivity contribution in [2.75, 3.05) is 13.3 Å². The van der Waals surface area contributed by atoms with Gasteiger partial charge in [-0.05, 0) is 30.5 Å². The van der Waals surface area contributed by atoms with Crippen molar-refractivity contribution < 1.29 is 39.1 Å². The smallest absolute Gasteiger partial charge is 0.320 e. The van der Waals surface area contributed by atoms with Gasteiger partial charge in [0.25, 0.3) is 0 Å². The summed E-state index contributed by atoms with van der Waals surface area (Å²) in [6.45, 7) is -1.38. The number of alkyl halides is 1. The third-order valence-corrected chi connectivity index (χ3v) is 3.63. The highest BCUT2D eigenvalue weighted by molar-refractivity contribution is 5.76. The van der Waals surface area contributed by atoms with E-state index in [9.17, 15) is 24.2 Å². The van der Waals surface area contributed by atoms with Crippen LogP contribution in [0.25, 0.3) is 0 Å². The number of carboxylic acid groups (broad SMARTS) is 2. The molecule has 140 valence electrons. The number of carbonyl (C=O) groups is 2. The molecule has 1 aromatic carbocycles. The Hall–Kier alpha value is -2.23. The molecule has 0 heterocycles. The van der Waals surface area contributed by atoms with Crippen molar-refractivity contribution in [2.45, 2.75) is 31.1 Å². The number of halogens is 1. The van der Waals surface area contributed by atoms with Gasteiger partial charge in [-0.25, -0.2) is 4.39 Å². The first-order chi connectivity index (χ1) is 11.7. The number of aliphatic hydroxyl groups excluding tert-OH is 2. The van der Waals surface area contributed by atoms with Crippen molar-refractivity contribution in [2.24, 2.45) is 11.7 Å². The summed E-state index contributed by atoms with van der Waals surface area (Å²) >= 11 is 0. The van der Waals surface area contributed by atoms with Gasteiger partial charge < -0.3 is 30.9 Å². The number of hydrogen-bond donors (Lipinski definition) is 5. The second kappa shape index (κ2) is 9.92. The minimum atomic E-state index is -1.52. The molecule has 8 nitrogen and oxygen atoms in total. The standard InChI is InChI=1S/C16H22FNO7/c17-7-13(19)14(20)8-25-11-3-1-9(2-4-11)5-10(15(21)22)6-12(18)16(23)24/h1-4,10,12-14,19-20H,5-8,18H2,(H,21,22)(H,23,24)/t10-,12-,13-,14-/m0/s1. The Kier molecular flexibility index (Phi) is 8.26. The van der Waals surface area contributed by atoms with Crippen molar-refractivity contribution in [3.8, 4) is 5.75 Å². The zero-order valence-corrected chi connectivity index (χ0v) is 13.4. The second-order valence-corrected chi connectivity index (χ2v) is 5.66. The lowest BCUT2D eigenvalue weighted by Crippen LogP contribution is -2.35. The van der Waals surface area contributed by atoms with Crippen molar-refractivity contribution in [1.29, 1.82) is 0 Å². The van der Waals surface area contributed by atoms with Crippen LogP contribution in [0.5, 0.6) is 5.75 Å². The van der Waals surface area contributed by atoms with E-state index in [4.69, 9.17) is 20.7 Å². The number of carboxylic acids is 2. The lowest BCUT2D eigenvalue weighted by atomic mass is 9.93. The van der Waals surface area contributed by atoms with Crippen molar-refractivity contribution in [3.63, 3.8) is 0 Å². The Morgan fingerprint density at radius 2 is 1.68 bits per heavy atom. The van der Waals surface area contributed by atoms with Crippen molar-refractivity contribution in [1.82, 2.24) is 0 Å². The van der Waals surface area contributed by atoms with E-state index in [1.54, 1.807) is 12.1 Å². The van der Waals surface area contributed by atoms with Gasteiger partial charge in [0.2, 0.25) is 0 Å². The molecule has 0 spiro atoms. The van der Waals surface area contributed by atoms with E-state index in [1.807, 2.05) is 0 Å². The van der Waals surface area contributed by atoms with E-state index in [0.29, 0.717) is 11.3 Å². The molecule has 0 radical (unpaired) electrons. The Bertz CT molecular complexity index is 566. The Labute approximate surface area is 143 Å². The Morgan fingerprint density at radius 3 is 2.16 bits per heavy atom. The molecular weight excluding hydrogens is 337 g/mol. The summed E-state index contributed by atoms with van der Waals surface area (Å²) < 4.78 is 17.4. The quantitative estimate of drug-likeness (QED) is 0.364. The summed E-state index contributed by atoms with van der Waals surface area (Å²) in [5.41, 5.74) is 6.02. The summed E-state index contributed by atoms with van der Waals surface area (Å²) in [5, 5.41) is 36.5. The molecule has 0 aliphatic heterocycles. The van der Waals surface area contributed by atoms with E-state index >= 15 is 0 Å². The highest BCUT2D eigenvalue weighted by atomic mass is 19.1. The second-order valence-electron chi connectivity index (χ2n) is 5.66. The van der Waals surface area contributed by atoms with Gasteiger partial charge in [0.1, 0.15) is 37.3 Å². The molecule has 0 fully saturated rings. The molecule has 0 saturated carbocycles. The first-order valence-electron chi connectivity index (χ1n) is 7.59. The van der Waals surface area contributed by atoms with Crippen LogP contribution in [-0.4, -0.2) is 63.9 Å². The van der Waals surface area contributed by atoms with Gasteiger partial charge >= 0.3 is 11.9 Å². The number of aliphatic hydroxyl groups is 2. The van der Waals surface area contributed by atoms with E-state index in [1.165, 1.54) is 12.1 Å². The third kappa shape index (κ3) is 7.04. The zero-order chi connectivity index (χ0) is 19.0. The number of aliphatic carboxylic acids is 2. The fraction of sp³-hybridized carbons (Fsp3) is 0.500. The van der Waals surface area contributed by atoms with Crippen LogP contribution in [0.15, 0.2) is 24.3 Å². The molecule has 0 amide bonds. The molecule has 0 aromatic heterocycles. The molecule has 25 heavy (non-hydrogen) atoms. The normalized spacial score (nSPS) is 15.8. The fourth-order valence-electron chi connectivity index (χ4n) is 2.08. The molecule has 0 aliphatic rings. The van der Waals surface area contributed by atoms with E-state index in [0.717, 1.165) is 0 Å². The maximum Gasteiger partial charge on any atom is 0.320 e. The molecule has 0 aliphatic carbocycles.